The number of rotatable bonds is 8. The zero-order valence-electron chi connectivity index (χ0n) is 21.2. The quantitative estimate of drug-likeness (QED) is 0.327. The van der Waals surface area contributed by atoms with E-state index in [1.807, 2.05) is 65.2 Å². The van der Waals surface area contributed by atoms with Crippen molar-refractivity contribution >= 4 is 23.1 Å². The molecule has 194 valence electrons. The minimum atomic E-state index is -0.169. The maximum atomic E-state index is 14.2. The number of piperidine rings is 1. The van der Waals surface area contributed by atoms with Crippen molar-refractivity contribution in [2.24, 2.45) is 5.73 Å². The molecule has 0 saturated carbocycles. The molecule has 9 heteroatoms. The Labute approximate surface area is 220 Å². The number of furan rings is 1. The van der Waals surface area contributed by atoms with Gasteiger partial charge in [-0.25, -0.2) is 0 Å². The average Bonchev–Trinajstić information content (AvgIpc) is 3.59. The lowest BCUT2D eigenvalue weighted by Gasteiger charge is -2.31. The molecule has 9 nitrogen and oxygen atoms in total. The number of fused-ring (bicyclic) bond motifs is 1. The predicted molar refractivity (Wildman–Crippen MR) is 148 cm³/mol. The van der Waals surface area contributed by atoms with Crippen LogP contribution >= 0.6 is 0 Å². The van der Waals surface area contributed by atoms with Gasteiger partial charge in [-0.05, 0) is 36.1 Å². The van der Waals surface area contributed by atoms with E-state index in [4.69, 9.17) is 20.1 Å². The summed E-state index contributed by atoms with van der Waals surface area (Å²) in [7, 11) is 0. The SMILES string of the molecule is NC1CCCN(c2nc3nc(NCc4ccccc4)n(Cc4ccco4)c(=O)c3n2Cc2ccccc2)C1. The van der Waals surface area contributed by atoms with Crippen LogP contribution in [-0.2, 0) is 19.6 Å². The van der Waals surface area contributed by atoms with Gasteiger partial charge in [0.2, 0.25) is 11.9 Å². The molecule has 1 unspecified atom stereocenters. The third kappa shape index (κ3) is 4.92. The Hall–Kier alpha value is -4.37. The molecule has 0 radical (unpaired) electrons. The third-order valence-corrected chi connectivity index (χ3v) is 6.96. The molecular weight excluding hydrogens is 478 g/mol. The number of hydrogen-bond acceptors (Lipinski definition) is 7. The van der Waals surface area contributed by atoms with E-state index >= 15 is 0 Å². The van der Waals surface area contributed by atoms with Gasteiger partial charge in [0.1, 0.15) is 5.76 Å². The van der Waals surface area contributed by atoms with Crippen LogP contribution in [0.1, 0.15) is 29.7 Å². The Morgan fingerprint density at radius 2 is 1.68 bits per heavy atom. The van der Waals surface area contributed by atoms with E-state index in [0.717, 1.165) is 36.5 Å². The van der Waals surface area contributed by atoms with Crippen LogP contribution in [0.3, 0.4) is 0 Å². The summed E-state index contributed by atoms with van der Waals surface area (Å²) in [4.78, 5) is 26.2. The third-order valence-electron chi connectivity index (χ3n) is 6.96. The summed E-state index contributed by atoms with van der Waals surface area (Å²) in [5, 5.41) is 3.37. The molecule has 3 aromatic heterocycles. The molecule has 6 rings (SSSR count). The normalized spacial score (nSPS) is 15.7. The number of imidazole rings is 1. The topological polar surface area (TPSA) is 107 Å². The maximum Gasteiger partial charge on any atom is 0.281 e. The van der Waals surface area contributed by atoms with Gasteiger partial charge < -0.3 is 20.4 Å². The number of nitrogens with one attached hydrogen (secondary N) is 1. The van der Waals surface area contributed by atoms with Crippen LogP contribution in [-0.4, -0.2) is 38.2 Å². The number of hydrogen-bond donors (Lipinski definition) is 2. The van der Waals surface area contributed by atoms with E-state index in [-0.39, 0.29) is 18.1 Å². The Morgan fingerprint density at radius 1 is 0.921 bits per heavy atom. The lowest BCUT2D eigenvalue weighted by molar-refractivity contribution is 0.489. The molecule has 1 saturated heterocycles. The average molecular weight is 510 g/mol. The second-order valence-electron chi connectivity index (χ2n) is 9.75. The van der Waals surface area contributed by atoms with E-state index in [9.17, 15) is 4.79 Å². The zero-order chi connectivity index (χ0) is 25.9. The number of anilines is 2. The van der Waals surface area contributed by atoms with Gasteiger partial charge in [-0.2, -0.15) is 9.97 Å². The van der Waals surface area contributed by atoms with Gasteiger partial charge in [-0.15, -0.1) is 0 Å². The summed E-state index contributed by atoms with van der Waals surface area (Å²) >= 11 is 0. The van der Waals surface area contributed by atoms with Crippen molar-refractivity contribution in [3.8, 4) is 0 Å². The Balaban J connectivity index is 1.49. The van der Waals surface area contributed by atoms with Gasteiger partial charge in [0.05, 0.1) is 19.4 Å². The van der Waals surface area contributed by atoms with Crippen molar-refractivity contribution in [1.82, 2.24) is 19.1 Å². The summed E-state index contributed by atoms with van der Waals surface area (Å²) in [5.41, 5.74) is 9.22. The molecule has 0 aliphatic carbocycles. The van der Waals surface area contributed by atoms with E-state index < -0.39 is 0 Å². The highest BCUT2D eigenvalue weighted by molar-refractivity contribution is 5.76. The first-order chi connectivity index (χ1) is 18.7. The molecule has 2 aromatic carbocycles. The van der Waals surface area contributed by atoms with Gasteiger partial charge in [0, 0.05) is 25.7 Å². The Bertz CT molecular complexity index is 1560. The van der Waals surface area contributed by atoms with Crippen molar-refractivity contribution in [2.75, 3.05) is 23.3 Å². The molecule has 3 N–H and O–H groups in total. The van der Waals surface area contributed by atoms with Gasteiger partial charge in [-0.3, -0.25) is 13.9 Å². The number of aromatic nitrogens is 4. The summed E-state index contributed by atoms with van der Waals surface area (Å²) in [6.07, 6.45) is 3.58. The molecule has 4 heterocycles. The fourth-order valence-corrected chi connectivity index (χ4v) is 5.07. The molecule has 38 heavy (non-hydrogen) atoms. The zero-order valence-corrected chi connectivity index (χ0v) is 21.2. The molecule has 5 aromatic rings. The minimum absolute atomic E-state index is 0.0698. The fourth-order valence-electron chi connectivity index (χ4n) is 5.07. The molecular formula is C29H31N7O2. The van der Waals surface area contributed by atoms with Crippen LogP contribution in [0.2, 0.25) is 0 Å². The van der Waals surface area contributed by atoms with E-state index in [0.29, 0.717) is 42.5 Å². The number of nitrogens with zero attached hydrogens (tertiary/aromatic N) is 5. The second kappa shape index (κ2) is 10.5. The monoisotopic (exact) mass is 509 g/mol. The Kier molecular flexibility index (Phi) is 6.66. The van der Waals surface area contributed by atoms with Gasteiger partial charge in [-0.1, -0.05) is 60.7 Å². The van der Waals surface area contributed by atoms with Crippen LogP contribution in [0.4, 0.5) is 11.9 Å². The van der Waals surface area contributed by atoms with Gasteiger partial charge in [0.25, 0.3) is 5.56 Å². The van der Waals surface area contributed by atoms with Gasteiger partial charge in [0.15, 0.2) is 11.2 Å². The summed E-state index contributed by atoms with van der Waals surface area (Å²) in [5.74, 6) is 1.86. The highest BCUT2D eigenvalue weighted by Gasteiger charge is 2.26. The summed E-state index contributed by atoms with van der Waals surface area (Å²) in [6, 6.07) is 23.9. The largest absolute Gasteiger partial charge is 0.467 e. The van der Waals surface area contributed by atoms with Crippen molar-refractivity contribution in [1.29, 1.82) is 0 Å². The van der Waals surface area contributed by atoms with Crippen molar-refractivity contribution in [3.05, 3.63) is 106 Å². The van der Waals surface area contributed by atoms with Crippen molar-refractivity contribution in [3.63, 3.8) is 0 Å². The smallest absolute Gasteiger partial charge is 0.281 e. The van der Waals surface area contributed by atoms with Crippen LogP contribution in [0.25, 0.3) is 11.2 Å². The summed E-state index contributed by atoms with van der Waals surface area (Å²) in [6.45, 7) is 2.82. The molecule has 1 aliphatic heterocycles. The molecule has 1 aliphatic rings. The van der Waals surface area contributed by atoms with Crippen LogP contribution in [0, 0.1) is 0 Å². The standard InChI is InChI=1S/C29H31N7O2/c30-23-13-7-15-34(19-23)29-33-26-25(35(29)18-22-11-5-2-6-12-22)27(37)36(20-24-14-8-16-38-24)28(32-26)31-17-21-9-3-1-4-10-21/h1-6,8-12,14,16,23H,7,13,15,17-20,30H2,(H,31,32). The highest BCUT2D eigenvalue weighted by Crippen LogP contribution is 2.25. The predicted octanol–water partition coefficient (Wildman–Crippen LogP) is 3.82. The first kappa shape index (κ1) is 24.0. The first-order valence-electron chi connectivity index (χ1n) is 13.0. The lowest BCUT2D eigenvalue weighted by Crippen LogP contribution is -2.44. The van der Waals surface area contributed by atoms with E-state index in [1.54, 1.807) is 10.8 Å². The molecule has 0 amide bonds. The molecule has 1 fully saturated rings. The van der Waals surface area contributed by atoms with Crippen LogP contribution < -0.4 is 21.5 Å². The number of nitrogens with two attached hydrogens (primary N) is 1. The van der Waals surface area contributed by atoms with E-state index in [2.05, 4.69) is 22.3 Å². The Morgan fingerprint density at radius 3 is 2.39 bits per heavy atom. The highest BCUT2D eigenvalue weighted by atomic mass is 16.3. The molecule has 1 atom stereocenters. The van der Waals surface area contributed by atoms with Crippen molar-refractivity contribution in [2.45, 2.75) is 38.5 Å². The van der Waals surface area contributed by atoms with Crippen LogP contribution in [0.5, 0.6) is 0 Å². The second-order valence-corrected chi connectivity index (χ2v) is 9.75. The van der Waals surface area contributed by atoms with Crippen molar-refractivity contribution < 1.29 is 4.42 Å². The molecule has 0 spiro atoms. The maximum absolute atomic E-state index is 14.2. The van der Waals surface area contributed by atoms with Gasteiger partial charge >= 0.3 is 0 Å². The summed E-state index contributed by atoms with van der Waals surface area (Å²) < 4.78 is 9.24. The first-order valence-corrected chi connectivity index (χ1v) is 13.0. The van der Waals surface area contributed by atoms with Crippen LogP contribution in [0.15, 0.2) is 88.3 Å². The van der Waals surface area contributed by atoms with E-state index in [1.165, 1.54) is 0 Å². The number of benzene rings is 2. The minimum Gasteiger partial charge on any atom is -0.467 e. The lowest BCUT2D eigenvalue weighted by atomic mass is 10.1. The fraction of sp³-hybridized carbons (Fsp3) is 0.276. The molecule has 0 bridgehead atoms.